The number of aromatic nitrogens is 2. The molecule has 2 bridgehead atoms. The van der Waals surface area contributed by atoms with Gasteiger partial charge in [0, 0.05) is 17.0 Å². The minimum absolute atomic E-state index is 0.626. The monoisotopic (exact) mass is 328 g/mol. The van der Waals surface area contributed by atoms with Gasteiger partial charge in [-0.15, -0.1) is 11.3 Å². The Morgan fingerprint density at radius 1 is 1.13 bits per heavy atom. The van der Waals surface area contributed by atoms with Gasteiger partial charge < -0.3 is 10.2 Å². The van der Waals surface area contributed by atoms with E-state index in [4.69, 9.17) is 0 Å². The smallest absolute Gasteiger partial charge is 0.138 e. The van der Waals surface area contributed by atoms with Crippen LogP contribution in [-0.4, -0.2) is 41.0 Å². The third kappa shape index (κ3) is 2.13. The summed E-state index contributed by atoms with van der Waals surface area (Å²) in [7, 11) is 4.45. The minimum Gasteiger partial charge on any atom is -0.366 e. The van der Waals surface area contributed by atoms with Crippen LogP contribution in [0.3, 0.4) is 0 Å². The predicted molar refractivity (Wildman–Crippen MR) is 95.2 cm³/mol. The van der Waals surface area contributed by atoms with E-state index in [1.807, 2.05) is 11.3 Å². The molecule has 2 aromatic rings. The maximum atomic E-state index is 4.63. The van der Waals surface area contributed by atoms with Gasteiger partial charge in [-0.3, -0.25) is 0 Å². The van der Waals surface area contributed by atoms with Gasteiger partial charge in [-0.2, -0.15) is 0 Å². The van der Waals surface area contributed by atoms with Crippen molar-refractivity contribution in [3.05, 3.63) is 16.8 Å². The lowest BCUT2D eigenvalue weighted by molar-refractivity contribution is 0.0285. The number of hydrogen-bond donors (Lipinski definition) is 1. The van der Waals surface area contributed by atoms with Gasteiger partial charge in [-0.25, -0.2) is 9.97 Å². The molecule has 4 atom stereocenters. The molecule has 6 rings (SSSR count). The second-order valence-electron chi connectivity index (χ2n) is 7.77. The van der Waals surface area contributed by atoms with Gasteiger partial charge in [-0.1, -0.05) is 0 Å². The fourth-order valence-electron chi connectivity index (χ4n) is 5.01. The van der Waals surface area contributed by atoms with Gasteiger partial charge in [0.25, 0.3) is 0 Å². The number of rotatable bonds is 3. The zero-order valence-electron chi connectivity index (χ0n) is 13.9. The van der Waals surface area contributed by atoms with Crippen molar-refractivity contribution in [1.82, 2.24) is 14.9 Å². The van der Waals surface area contributed by atoms with E-state index in [9.17, 15) is 0 Å². The number of hydrogen-bond acceptors (Lipinski definition) is 5. The van der Waals surface area contributed by atoms with Crippen LogP contribution in [0.15, 0.2) is 6.33 Å². The van der Waals surface area contributed by atoms with Crippen LogP contribution < -0.4 is 5.32 Å². The fourth-order valence-corrected chi connectivity index (χ4v) is 6.23. The van der Waals surface area contributed by atoms with Gasteiger partial charge in [0.2, 0.25) is 0 Å². The Bertz CT molecular complexity index is 741. The van der Waals surface area contributed by atoms with E-state index in [2.05, 4.69) is 34.3 Å². The van der Waals surface area contributed by atoms with E-state index < -0.39 is 0 Å². The van der Waals surface area contributed by atoms with Crippen molar-refractivity contribution >= 4 is 27.4 Å². The van der Waals surface area contributed by atoms with Crippen molar-refractivity contribution in [2.45, 2.75) is 50.6 Å². The maximum absolute atomic E-state index is 4.63. The minimum atomic E-state index is 0.626. The van der Waals surface area contributed by atoms with E-state index >= 15 is 0 Å². The van der Waals surface area contributed by atoms with Crippen molar-refractivity contribution in [2.75, 3.05) is 19.4 Å². The number of aryl methyl sites for hydroxylation is 2. The van der Waals surface area contributed by atoms with E-state index in [1.165, 1.54) is 54.3 Å². The molecule has 5 heteroatoms. The second-order valence-corrected chi connectivity index (χ2v) is 8.86. The molecule has 1 unspecified atom stereocenters. The van der Waals surface area contributed by atoms with E-state index in [0.717, 1.165) is 23.7 Å². The third-order valence-electron chi connectivity index (χ3n) is 6.31. The molecule has 23 heavy (non-hydrogen) atoms. The molecule has 4 aliphatic rings. The van der Waals surface area contributed by atoms with Crippen molar-refractivity contribution < 1.29 is 0 Å². The van der Waals surface area contributed by atoms with E-state index in [1.54, 1.807) is 11.2 Å². The summed E-state index contributed by atoms with van der Waals surface area (Å²) in [5.74, 6) is 2.74. The largest absolute Gasteiger partial charge is 0.366 e. The predicted octanol–water partition coefficient (Wildman–Crippen LogP) is 3.32. The first-order chi connectivity index (χ1) is 11.2. The van der Waals surface area contributed by atoms with Gasteiger partial charge in [-0.05, 0) is 70.0 Å². The Morgan fingerprint density at radius 2 is 1.96 bits per heavy atom. The van der Waals surface area contributed by atoms with Crippen LogP contribution >= 0.6 is 11.3 Å². The van der Waals surface area contributed by atoms with Crippen molar-refractivity contribution in [2.24, 2.45) is 11.8 Å². The van der Waals surface area contributed by atoms with Crippen LogP contribution in [0.2, 0.25) is 0 Å². The Kier molecular flexibility index (Phi) is 3.17. The van der Waals surface area contributed by atoms with Crippen LogP contribution in [0.25, 0.3) is 10.2 Å². The van der Waals surface area contributed by atoms with Gasteiger partial charge in [0.15, 0.2) is 0 Å². The lowest BCUT2D eigenvalue weighted by Crippen LogP contribution is -2.56. The van der Waals surface area contributed by atoms with Crippen molar-refractivity contribution in [1.29, 1.82) is 0 Å². The molecule has 4 aliphatic carbocycles. The summed E-state index contributed by atoms with van der Waals surface area (Å²) >= 11 is 1.88. The average molecular weight is 328 g/mol. The first-order valence-corrected chi connectivity index (χ1v) is 9.70. The molecule has 0 saturated heterocycles. The molecule has 0 aliphatic heterocycles. The summed E-state index contributed by atoms with van der Waals surface area (Å²) in [5.41, 5.74) is 1.53. The van der Waals surface area contributed by atoms with Crippen LogP contribution in [0.1, 0.15) is 36.1 Å². The number of nitrogens with one attached hydrogen (secondary N) is 1. The molecule has 2 aromatic heterocycles. The Balaban J connectivity index is 1.43. The SMILES string of the molecule is CN(C)[C@@H]1C[C@H]2C[C@@H](C1)C2Nc1ncnc2sc3c(c12)CCC3. The molecule has 122 valence electrons. The van der Waals surface area contributed by atoms with Gasteiger partial charge >= 0.3 is 0 Å². The Hall–Kier alpha value is -1.20. The highest BCUT2D eigenvalue weighted by molar-refractivity contribution is 7.19. The molecule has 4 nitrogen and oxygen atoms in total. The number of nitrogens with zero attached hydrogens (tertiary/aromatic N) is 3. The highest BCUT2D eigenvalue weighted by atomic mass is 32.1. The average Bonchev–Trinajstić information content (AvgIpc) is 3.13. The fraction of sp³-hybridized carbons (Fsp3) is 0.667. The summed E-state index contributed by atoms with van der Waals surface area (Å²) in [6.45, 7) is 0. The number of fused-ring (bicyclic) bond motifs is 5. The van der Waals surface area contributed by atoms with Gasteiger partial charge in [0.1, 0.15) is 17.0 Å². The number of anilines is 1. The zero-order chi connectivity index (χ0) is 15.6. The summed E-state index contributed by atoms with van der Waals surface area (Å²) < 4.78 is 0. The molecule has 3 saturated carbocycles. The highest BCUT2D eigenvalue weighted by Gasteiger charge is 2.48. The van der Waals surface area contributed by atoms with Crippen LogP contribution in [0, 0.1) is 11.8 Å². The Morgan fingerprint density at radius 3 is 2.74 bits per heavy atom. The first kappa shape index (κ1) is 14.2. The lowest BCUT2D eigenvalue weighted by Gasteiger charge is -2.54. The summed E-state index contributed by atoms with van der Waals surface area (Å²) in [5, 5.41) is 5.17. The molecule has 0 spiro atoms. The van der Waals surface area contributed by atoms with Crippen LogP contribution in [0.5, 0.6) is 0 Å². The highest BCUT2D eigenvalue weighted by Crippen LogP contribution is 2.49. The topological polar surface area (TPSA) is 41.0 Å². The molecule has 0 radical (unpaired) electrons. The number of thiophene rings is 1. The van der Waals surface area contributed by atoms with Crippen molar-refractivity contribution in [3.63, 3.8) is 0 Å². The summed E-state index contributed by atoms with van der Waals surface area (Å²) in [6.07, 6.45) is 9.54. The molecule has 0 aromatic carbocycles. The molecule has 0 amide bonds. The molecule has 2 heterocycles. The standard InChI is InChI=1S/C18H24N4S/c1-22(2)12-7-10-6-11(8-12)16(10)21-17-15-13-4-3-5-14(13)23-18(15)20-9-19-17/h9-12,16H,3-8H2,1-2H3,(H,19,20,21)/t10-,11+,12-,16?. The second kappa shape index (κ2) is 5.15. The lowest BCUT2D eigenvalue weighted by atomic mass is 9.59. The quantitative estimate of drug-likeness (QED) is 0.938. The van der Waals surface area contributed by atoms with Gasteiger partial charge in [0.05, 0.1) is 5.39 Å². The molecule has 1 N–H and O–H groups in total. The first-order valence-electron chi connectivity index (χ1n) is 8.89. The Labute approximate surface area is 141 Å². The third-order valence-corrected chi connectivity index (χ3v) is 7.51. The van der Waals surface area contributed by atoms with Crippen LogP contribution in [-0.2, 0) is 12.8 Å². The molecular weight excluding hydrogens is 304 g/mol. The van der Waals surface area contributed by atoms with Crippen LogP contribution in [0.4, 0.5) is 5.82 Å². The molecular formula is C18H24N4S. The van der Waals surface area contributed by atoms with E-state index in [0.29, 0.717) is 6.04 Å². The normalized spacial score (nSPS) is 32.1. The maximum Gasteiger partial charge on any atom is 0.138 e. The summed E-state index contributed by atoms with van der Waals surface area (Å²) in [6, 6.07) is 1.40. The van der Waals surface area contributed by atoms with Crippen molar-refractivity contribution in [3.8, 4) is 0 Å². The van der Waals surface area contributed by atoms with E-state index in [-0.39, 0.29) is 0 Å². The molecule has 3 fully saturated rings. The summed E-state index contributed by atoms with van der Waals surface area (Å²) in [4.78, 5) is 14.3. The zero-order valence-corrected chi connectivity index (χ0v) is 14.7.